The Bertz CT molecular complexity index is 354. The summed E-state index contributed by atoms with van der Waals surface area (Å²) in [5.74, 6) is 1.42. The largest absolute Gasteiger partial charge is 0.489 e. The van der Waals surface area contributed by atoms with E-state index in [-0.39, 0.29) is 0 Å². The van der Waals surface area contributed by atoms with E-state index in [4.69, 9.17) is 16.3 Å². The van der Waals surface area contributed by atoms with Crippen LogP contribution < -0.4 is 10.1 Å². The van der Waals surface area contributed by atoms with E-state index in [0.717, 1.165) is 18.7 Å². The minimum absolute atomic E-state index is 0.302. The highest BCUT2D eigenvalue weighted by molar-refractivity contribution is 6.32. The second kappa shape index (κ2) is 6.27. The molecule has 0 aliphatic heterocycles. The second-order valence-electron chi connectivity index (χ2n) is 4.69. The number of para-hydroxylation sites is 1. The van der Waals surface area contributed by atoms with Crippen molar-refractivity contribution in [3.05, 3.63) is 29.3 Å². The highest BCUT2D eigenvalue weighted by Gasteiger charge is 2.26. The molecule has 17 heavy (non-hydrogen) atoms. The highest BCUT2D eigenvalue weighted by atomic mass is 35.5. The molecule has 0 spiro atoms. The van der Waals surface area contributed by atoms with Crippen molar-refractivity contribution in [2.75, 3.05) is 13.6 Å². The van der Waals surface area contributed by atoms with Crippen molar-refractivity contribution in [1.82, 2.24) is 5.32 Å². The van der Waals surface area contributed by atoms with Crippen molar-refractivity contribution < 1.29 is 4.74 Å². The summed E-state index contributed by atoms with van der Waals surface area (Å²) in [6, 6.07) is 7.73. The normalized spacial score (nSPS) is 24.6. The predicted octanol–water partition coefficient (Wildman–Crippen LogP) is 3.50. The monoisotopic (exact) mass is 253 g/mol. The van der Waals surface area contributed by atoms with Gasteiger partial charge in [0.25, 0.3) is 0 Å². The van der Waals surface area contributed by atoms with E-state index in [1.807, 2.05) is 31.3 Å². The van der Waals surface area contributed by atoms with Gasteiger partial charge in [-0.1, -0.05) is 30.2 Å². The van der Waals surface area contributed by atoms with Crippen molar-refractivity contribution in [3.8, 4) is 5.75 Å². The summed E-state index contributed by atoms with van der Waals surface area (Å²) in [6.45, 7) is 1.02. The number of nitrogens with one attached hydrogen (secondary N) is 1. The van der Waals surface area contributed by atoms with E-state index >= 15 is 0 Å². The lowest BCUT2D eigenvalue weighted by atomic mass is 9.86. The van der Waals surface area contributed by atoms with E-state index in [1.54, 1.807) is 0 Å². The first kappa shape index (κ1) is 12.7. The molecule has 1 fully saturated rings. The van der Waals surface area contributed by atoms with E-state index in [0.29, 0.717) is 17.0 Å². The summed E-state index contributed by atoms with van der Waals surface area (Å²) in [5, 5.41) is 3.96. The molecule has 94 valence electrons. The Kier molecular flexibility index (Phi) is 4.69. The fourth-order valence-corrected chi connectivity index (χ4v) is 2.71. The van der Waals surface area contributed by atoms with E-state index < -0.39 is 0 Å². The molecule has 2 atom stereocenters. The summed E-state index contributed by atoms with van der Waals surface area (Å²) in [4.78, 5) is 0. The van der Waals surface area contributed by atoms with Gasteiger partial charge in [-0.05, 0) is 38.4 Å². The molecular weight excluding hydrogens is 234 g/mol. The molecule has 1 saturated carbocycles. The zero-order valence-corrected chi connectivity index (χ0v) is 11.0. The lowest BCUT2D eigenvalue weighted by molar-refractivity contribution is 0.0932. The Balaban J connectivity index is 2.03. The molecule has 0 bridgehead atoms. The average Bonchev–Trinajstić information content (AvgIpc) is 2.35. The zero-order valence-electron chi connectivity index (χ0n) is 10.3. The third-order valence-electron chi connectivity index (χ3n) is 3.42. The predicted molar refractivity (Wildman–Crippen MR) is 71.8 cm³/mol. The zero-order chi connectivity index (χ0) is 12.1. The van der Waals surface area contributed by atoms with Crippen molar-refractivity contribution in [2.24, 2.45) is 5.92 Å². The van der Waals surface area contributed by atoms with Crippen molar-refractivity contribution in [1.29, 1.82) is 0 Å². The van der Waals surface area contributed by atoms with Gasteiger partial charge in [0.05, 0.1) is 5.02 Å². The number of rotatable bonds is 4. The molecule has 1 N–H and O–H groups in total. The summed E-state index contributed by atoms with van der Waals surface area (Å²) in [7, 11) is 2.00. The molecule has 1 aromatic rings. The van der Waals surface area contributed by atoms with Gasteiger partial charge in [0.2, 0.25) is 0 Å². The lowest BCUT2D eigenvalue weighted by Gasteiger charge is -2.32. The maximum absolute atomic E-state index is 6.13. The topological polar surface area (TPSA) is 21.3 Å². The van der Waals surface area contributed by atoms with Crippen LogP contribution in [0.4, 0.5) is 0 Å². The Morgan fingerprint density at radius 2 is 2.06 bits per heavy atom. The molecule has 0 radical (unpaired) electrons. The summed E-state index contributed by atoms with van der Waals surface area (Å²) >= 11 is 6.13. The van der Waals surface area contributed by atoms with E-state index in [1.165, 1.54) is 19.3 Å². The Hall–Kier alpha value is -0.730. The number of hydrogen-bond donors (Lipinski definition) is 1. The standard InChI is InChI=1S/C14H20ClNO/c1-16-10-11-6-2-4-8-13(11)17-14-9-5-3-7-12(14)15/h3,5,7,9,11,13,16H,2,4,6,8,10H2,1H3. The first-order chi connectivity index (χ1) is 8.31. The van der Waals surface area contributed by atoms with Gasteiger partial charge in [-0.25, -0.2) is 0 Å². The van der Waals surface area contributed by atoms with Gasteiger partial charge in [-0.2, -0.15) is 0 Å². The molecule has 0 amide bonds. The number of halogens is 1. The van der Waals surface area contributed by atoms with Crippen LogP contribution in [0.1, 0.15) is 25.7 Å². The quantitative estimate of drug-likeness (QED) is 0.887. The highest BCUT2D eigenvalue weighted by Crippen LogP contribution is 2.31. The summed E-state index contributed by atoms with van der Waals surface area (Å²) < 4.78 is 6.08. The van der Waals surface area contributed by atoms with E-state index in [2.05, 4.69) is 5.32 Å². The molecule has 0 aromatic heterocycles. The Morgan fingerprint density at radius 1 is 1.29 bits per heavy atom. The average molecular weight is 254 g/mol. The molecular formula is C14H20ClNO. The molecule has 2 rings (SSSR count). The van der Waals surface area contributed by atoms with Crippen LogP contribution in [0.2, 0.25) is 5.02 Å². The van der Waals surface area contributed by atoms with Gasteiger partial charge in [-0.3, -0.25) is 0 Å². The minimum atomic E-state index is 0.302. The number of hydrogen-bond acceptors (Lipinski definition) is 2. The number of benzene rings is 1. The maximum Gasteiger partial charge on any atom is 0.138 e. The molecule has 0 heterocycles. The van der Waals surface area contributed by atoms with Gasteiger partial charge >= 0.3 is 0 Å². The van der Waals surface area contributed by atoms with Crippen LogP contribution in [-0.4, -0.2) is 19.7 Å². The summed E-state index contributed by atoms with van der Waals surface area (Å²) in [6.07, 6.45) is 5.26. The van der Waals surface area contributed by atoms with Gasteiger partial charge in [0.1, 0.15) is 11.9 Å². The molecule has 2 nitrogen and oxygen atoms in total. The van der Waals surface area contributed by atoms with Crippen LogP contribution in [0, 0.1) is 5.92 Å². The SMILES string of the molecule is CNCC1CCCCC1Oc1ccccc1Cl. The first-order valence-corrected chi connectivity index (χ1v) is 6.75. The number of ether oxygens (including phenoxy) is 1. The van der Waals surface area contributed by atoms with Crippen LogP contribution >= 0.6 is 11.6 Å². The first-order valence-electron chi connectivity index (χ1n) is 6.37. The minimum Gasteiger partial charge on any atom is -0.489 e. The van der Waals surface area contributed by atoms with Crippen LogP contribution in [0.25, 0.3) is 0 Å². The molecule has 1 aliphatic rings. The van der Waals surface area contributed by atoms with Crippen LogP contribution in [-0.2, 0) is 0 Å². The molecule has 2 unspecified atom stereocenters. The molecule has 1 aromatic carbocycles. The fourth-order valence-electron chi connectivity index (χ4n) is 2.53. The third kappa shape index (κ3) is 3.36. The fraction of sp³-hybridized carbons (Fsp3) is 0.571. The van der Waals surface area contributed by atoms with Crippen molar-refractivity contribution in [3.63, 3.8) is 0 Å². The van der Waals surface area contributed by atoms with Crippen LogP contribution in [0.5, 0.6) is 5.75 Å². The van der Waals surface area contributed by atoms with Gasteiger partial charge in [-0.15, -0.1) is 0 Å². The van der Waals surface area contributed by atoms with Gasteiger partial charge in [0, 0.05) is 12.5 Å². The summed E-state index contributed by atoms with van der Waals surface area (Å²) in [5.41, 5.74) is 0. The lowest BCUT2D eigenvalue weighted by Crippen LogP contribution is -2.36. The van der Waals surface area contributed by atoms with Crippen molar-refractivity contribution in [2.45, 2.75) is 31.8 Å². The molecule has 0 saturated heterocycles. The van der Waals surface area contributed by atoms with Crippen LogP contribution in [0.15, 0.2) is 24.3 Å². The van der Waals surface area contributed by atoms with Gasteiger partial charge in [0.15, 0.2) is 0 Å². The van der Waals surface area contributed by atoms with E-state index in [9.17, 15) is 0 Å². The molecule has 3 heteroatoms. The maximum atomic E-state index is 6.13. The molecule has 1 aliphatic carbocycles. The van der Waals surface area contributed by atoms with Gasteiger partial charge < -0.3 is 10.1 Å². The van der Waals surface area contributed by atoms with Crippen LogP contribution in [0.3, 0.4) is 0 Å². The van der Waals surface area contributed by atoms with Crippen molar-refractivity contribution >= 4 is 11.6 Å². The third-order valence-corrected chi connectivity index (χ3v) is 3.73. The Labute approximate surface area is 108 Å². The Morgan fingerprint density at radius 3 is 2.82 bits per heavy atom. The smallest absolute Gasteiger partial charge is 0.138 e. The second-order valence-corrected chi connectivity index (χ2v) is 5.10.